The molecule has 492 valence electrons. The molecule has 5 heterocycles. The van der Waals surface area contributed by atoms with E-state index in [1.807, 2.05) is 54.7 Å². The molecule has 0 saturated carbocycles. The maximum Gasteiger partial charge on any atom is 0.340 e. The molecule has 0 saturated heterocycles. The molecule has 2 aliphatic rings. The van der Waals surface area contributed by atoms with Crippen LogP contribution in [0.4, 0.5) is 17.3 Å². The van der Waals surface area contributed by atoms with Crippen LogP contribution < -0.4 is 42.6 Å². The summed E-state index contributed by atoms with van der Waals surface area (Å²) < 4.78 is 26.5. The number of phenolic OH excluding ortho intramolecular Hbond substituents is 2. The topological polar surface area (TPSA) is 388 Å². The summed E-state index contributed by atoms with van der Waals surface area (Å²) in [5, 5.41) is 53.7. The van der Waals surface area contributed by atoms with Gasteiger partial charge in [0.1, 0.15) is 29.0 Å². The Labute approximate surface area is 536 Å². The second-order valence-corrected chi connectivity index (χ2v) is 25.0. The van der Waals surface area contributed by atoms with Gasteiger partial charge < -0.3 is 66.6 Å². The zero-order valence-corrected chi connectivity index (χ0v) is 53.0. The highest BCUT2D eigenvalue weighted by atomic mass is 16.6. The summed E-state index contributed by atoms with van der Waals surface area (Å²) >= 11 is 0. The largest absolute Gasteiger partial charge is 0.508 e. The number of anilines is 3. The Bertz CT molecular complexity index is 3930. The SMILES string of the molecule is CCC(C)(Cc1cn(CCC(C)OCCC(C)(C)NC(=O)CCCC(=O)Nc2ccc3c(c2)C(=O)OC32c3ccc(O)cc3Oc3cc(O)ccc32)nn1)OCCC(C)(C)NC(=O)CCCC(NC(=O)c1ccc(NCc2cnc3nc(N)[nH]c(=O)c3n2)cc1)C(=O)O. The summed E-state index contributed by atoms with van der Waals surface area (Å²) in [4.78, 5) is 105. The van der Waals surface area contributed by atoms with E-state index in [4.69, 9.17) is 24.7 Å². The van der Waals surface area contributed by atoms with Crippen LogP contribution in [-0.2, 0) is 58.5 Å². The first-order valence-corrected chi connectivity index (χ1v) is 30.9. The van der Waals surface area contributed by atoms with Crippen LogP contribution in [0.25, 0.3) is 11.2 Å². The molecule has 0 aliphatic carbocycles. The third-order valence-electron chi connectivity index (χ3n) is 16.4. The van der Waals surface area contributed by atoms with E-state index in [1.165, 1.54) is 30.5 Å². The molecule has 3 aromatic heterocycles. The summed E-state index contributed by atoms with van der Waals surface area (Å²) in [7, 11) is 0. The van der Waals surface area contributed by atoms with Crippen molar-refractivity contribution in [1.82, 2.24) is 50.9 Å². The number of hydrogen-bond donors (Lipinski definition) is 10. The average molecular weight is 1280 g/mol. The predicted molar refractivity (Wildman–Crippen MR) is 341 cm³/mol. The molecule has 4 aromatic carbocycles. The Kier molecular flexibility index (Phi) is 20.8. The number of carbonyl (C=O) groups excluding carboxylic acids is 5. The molecule has 27 heteroatoms. The number of amides is 4. The summed E-state index contributed by atoms with van der Waals surface area (Å²) in [5.41, 5.74) is 6.18. The number of benzene rings is 4. The number of nitrogen functional groups attached to an aromatic ring is 1. The van der Waals surface area contributed by atoms with Crippen LogP contribution in [0.2, 0.25) is 0 Å². The first-order chi connectivity index (χ1) is 44.2. The van der Waals surface area contributed by atoms with Crippen LogP contribution in [0.5, 0.6) is 23.0 Å². The molecule has 1 spiro atoms. The van der Waals surface area contributed by atoms with Gasteiger partial charge in [0.25, 0.3) is 11.5 Å². The lowest BCUT2D eigenvalue weighted by molar-refractivity contribution is -0.139. The molecule has 9 rings (SSSR count). The molecule has 4 amide bonds. The fourth-order valence-corrected chi connectivity index (χ4v) is 11.0. The third-order valence-corrected chi connectivity index (χ3v) is 16.4. The highest BCUT2D eigenvalue weighted by molar-refractivity contribution is 6.00. The Balaban J connectivity index is 0.628. The van der Waals surface area contributed by atoms with Crippen molar-refractivity contribution in [3.63, 3.8) is 0 Å². The number of carboxylic acid groups (broad SMARTS) is 1. The molecule has 3 unspecified atom stereocenters. The van der Waals surface area contributed by atoms with Gasteiger partial charge in [0.05, 0.1) is 41.4 Å². The van der Waals surface area contributed by atoms with Crippen molar-refractivity contribution < 1.29 is 63.0 Å². The van der Waals surface area contributed by atoms with E-state index in [1.54, 1.807) is 59.3 Å². The number of aromatic amines is 1. The Morgan fingerprint density at radius 2 is 1.41 bits per heavy atom. The maximum atomic E-state index is 13.5. The van der Waals surface area contributed by atoms with Gasteiger partial charge in [-0.25, -0.2) is 19.6 Å². The quantitative estimate of drug-likeness (QED) is 0.0189. The monoisotopic (exact) mass is 1280 g/mol. The molecule has 27 nitrogen and oxygen atoms in total. The lowest BCUT2D eigenvalue weighted by Gasteiger charge is -2.36. The van der Waals surface area contributed by atoms with Gasteiger partial charge in [-0.3, -0.25) is 33.6 Å². The smallest absolute Gasteiger partial charge is 0.340 e. The van der Waals surface area contributed by atoms with E-state index in [2.05, 4.69) is 56.8 Å². The maximum absolute atomic E-state index is 13.5. The summed E-state index contributed by atoms with van der Waals surface area (Å²) in [6.45, 7) is 15.1. The van der Waals surface area contributed by atoms with Gasteiger partial charge in [-0.05, 0) is 147 Å². The van der Waals surface area contributed by atoms with E-state index < -0.39 is 51.7 Å². The normalized spacial score (nSPS) is 14.3. The Morgan fingerprint density at radius 3 is 2.08 bits per heavy atom. The predicted octanol–water partition coefficient (Wildman–Crippen LogP) is 7.43. The number of nitrogens with one attached hydrogen (secondary N) is 6. The van der Waals surface area contributed by atoms with E-state index >= 15 is 0 Å². The number of ether oxygens (including phenoxy) is 4. The number of aromatic nitrogens is 7. The van der Waals surface area contributed by atoms with Crippen molar-refractivity contribution in [2.24, 2.45) is 0 Å². The van der Waals surface area contributed by atoms with E-state index in [9.17, 15) is 48.9 Å². The first kappa shape index (κ1) is 67.4. The summed E-state index contributed by atoms with van der Waals surface area (Å²) in [5.74, 6) is -2.90. The number of phenols is 2. The highest BCUT2D eigenvalue weighted by Gasteiger charge is 2.54. The summed E-state index contributed by atoms with van der Waals surface area (Å²) in [6, 6.07) is 19.1. The standard InChI is InChI=1S/C66H79N13O14/c1-8-65(7,91-30-27-64(5,6)76-54(83)13-9-11-50(60(87)88)72-58(85)39-15-17-40(18-16-39)68-35-43-36-69-57-56(71-43)59(86)74-62(67)73-57)34-42-37-79(78-77-42)28-25-38(2)90-29-26-63(3,4)75-55(84)14-10-12-53(82)70-41-19-22-47-46(31-41)61(89)93-66(47)48-23-20-44(80)32-51(48)92-52-33-45(81)21-24-49(52)66/h15-24,31-33,36-38,50,68,80-81H,8-14,25-30,34-35H2,1-7H3,(H,70,82)(H,72,85)(H,75,84)(H,76,83)(H,87,88)(H3,67,69,73,74,86). The van der Waals surface area contributed by atoms with Crippen molar-refractivity contribution >= 4 is 64.1 Å². The number of nitrogens with two attached hydrogens (primary N) is 1. The van der Waals surface area contributed by atoms with Crippen molar-refractivity contribution in [2.75, 3.05) is 29.6 Å². The molecule has 11 N–H and O–H groups in total. The second-order valence-electron chi connectivity index (χ2n) is 25.0. The highest BCUT2D eigenvalue weighted by Crippen LogP contribution is 2.57. The fourth-order valence-electron chi connectivity index (χ4n) is 11.0. The number of aliphatic carboxylic acids is 1. The Hall–Kier alpha value is -10.0. The number of nitrogens with zero attached hydrogens (tertiary/aromatic N) is 6. The zero-order chi connectivity index (χ0) is 66.8. The van der Waals surface area contributed by atoms with Crippen molar-refractivity contribution in [1.29, 1.82) is 0 Å². The summed E-state index contributed by atoms with van der Waals surface area (Å²) in [6.07, 6.45) is 6.88. The number of aryl methyl sites for hydroxylation is 1. The average Bonchev–Trinajstić information content (AvgIpc) is 1.61. The lowest BCUT2D eigenvalue weighted by atomic mass is 9.77. The molecule has 0 bridgehead atoms. The molecule has 0 radical (unpaired) electrons. The minimum atomic E-state index is -1.43. The van der Waals surface area contributed by atoms with E-state index in [-0.39, 0.29) is 120 Å². The number of aromatic hydroxyl groups is 2. The van der Waals surface area contributed by atoms with E-state index in [0.717, 1.165) is 5.69 Å². The zero-order valence-electron chi connectivity index (χ0n) is 53.0. The number of carbonyl (C=O) groups is 6. The third kappa shape index (κ3) is 17.1. The number of carboxylic acids is 1. The van der Waals surface area contributed by atoms with Gasteiger partial charge in [0.2, 0.25) is 23.7 Å². The fraction of sp³-hybridized carbons (Fsp3) is 0.424. The number of fused-ring (bicyclic) bond motifs is 7. The van der Waals surface area contributed by atoms with Crippen LogP contribution in [-0.4, -0.2) is 128 Å². The number of esters is 1. The Morgan fingerprint density at radius 1 is 0.774 bits per heavy atom. The van der Waals surface area contributed by atoms with Crippen molar-refractivity contribution in [3.8, 4) is 23.0 Å². The van der Waals surface area contributed by atoms with Crippen LogP contribution >= 0.6 is 0 Å². The van der Waals surface area contributed by atoms with Crippen LogP contribution in [0.3, 0.4) is 0 Å². The number of rotatable bonds is 31. The number of hydrogen-bond acceptors (Lipinski definition) is 20. The molecule has 2 aliphatic heterocycles. The molecular weight excluding hydrogens is 1200 g/mol. The molecular formula is C66H79N13O14. The van der Waals surface area contributed by atoms with Crippen LogP contribution in [0.15, 0.2) is 96.1 Å². The van der Waals surface area contributed by atoms with Gasteiger partial charge >= 0.3 is 11.9 Å². The first-order valence-electron chi connectivity index (χ1n) is 30.9. The van der Waals surface area contributed by atoms with Crippen LogP contribution in [0.1, 0.15) is 161 Å². The van der Waals surface area contributed by atoms with Gasteiger partial charge in [-0.15, -0.1) is 5.10 Å². The number of H-pyrrole nitrogens is 1. The minimum absolute atomic E-state index is 0.0292. The molecule has 3 atom stereocenters. The van der Waals surface area contributed by atoms with E-state index in [0.29, 0.717) is 85.6 Å². The molecule has 93 heavy (non-hydrogen) atoms. The van der Waals surface area contributed by atoms with Gasteiger partial charge in [0.15, 0.2) is 16.8 Å². The van der Waals surface area contributed by atoms with Crippen LogP contribution in [0, 0.1) is 0 Å². The van der Waals surface area contributed by atoms with Crippen molar-refractivity contribution in [2.45, 2.75) is 167 Å². The molecule has 7 aromatic rings. The lowest BCUT2D eigenvalue weighted by Crippen LogP contribution is -2.45. The minimum Gasteiger partial charge on any atom is -0.508 e. The van der Waals surface area contributed by atoms with Gasteiger partial charge in [0, 0.05) is 108 Å². The van der Waals surface area contributed by atoms with Crippen molar-refractivity contribution in [3.05, 3.63) is 141 Å². The molecule has 0 fully saturated rings. The second kappa shape index (κ2) is 28.7. The van der Waals surface area contributed by atoms with Gasteiger partial charge in [-0.2, -0.15) is 4.98 Å². The van der Waals surface area contributed by atoms with Gasteiger partial charge in [-0.1, -0.05) is 18.2 Å².